The standard InChI is InChI=1S/C10H16N4O2/c1-2-3-7-8(11)9(13-12-7)10(16)14-4-6(15)5-14/h6,15H,2-5,11H2,1H3,(H,12,13). The van der Waals surface area contributed by atoms with Crippen LogP contribution in [0.3, 0.4) is 0 Å². The van der Waals surface area contributed by atoms with Crippen LogP contribution in [0.15, 0.2) is 0 Å². The fourth-order valence-corrected chi connectivity index (χ4v) is 1.76. The molecule has 1 aromatic heterocycles. The van der Waals surface area contributed by atoms with Crippen molar-refractivity contribution in [2.24, 2.45) is 0 Å². The highest BCUT2D eigenvalue weighted by Crippen LogP contribution is 2.19. The number of hydrogen-bond donors (Lipinski definition) is 3. The number of aryl methyl sites for hydroxylation is 1. The van der Waals surface area contributed by atoms with Crippen molar-refractivity contribution in [2.75, 3.05) is 18.8 Å². The predicted molar refractivity (Wildman–Crippen MR) is 58.9 cm³/mol. The van der Waals surface area contributed by atoms with Gasteiger partial charge < -0.3 is 15.7 Å². The molecule has 1 aliphatic heterocycles. The molecular weight excluding hydrogens is 208 g/mol. The topological polar surface area (TPSA) is 95.2 Å². The minimum atomic E-state index is -0.403. The summed E-state index contributed by atoms with van der Waals surface area (Å²) in [5, 5.41) is 15.8. The molecule has 6 nitrogen and oxygen atoms in total. The van der Waals surface area contributed by atoms with Gasteiger partial charge in [-0.05, 0) is 6.42 Å². The second-order valence-electron chi connectivity index (χ2n) is 4.08. The van der Waals surface area contributed by atoms with Crippen LogP contribution < -0.4 is 5.73 Å². The Kier molecular flexibility index (Phi) is 2.82. The smallest absolute Gasteiger partial charge is 0.276 e. The lowest BCUT2D eigenvalue weighted by molar-refractivity contribution is 0.00557. The first-order valence-electron chi connectivity index (χ1n) is 5.43. The van der Waals surface area contributed by atoms with Crippen molar-refractivity contribution < 1.29 is 9.90 Å². The maximum absolute atomic E-state index is 11.9. The van der Waals surface area contributed by atoms with Crippen LogP contribution in [0.4, 0.5) is 5.69 Å². The molecule has 16 heavy (non-hydrogen) atoms. The van der Waals surface area contributed by atoms with Gasteiger partial charge >= 0.3 is 0 Å². The Balaban J connectivity index is 2.11. The molecule has 88 valence electrons. The summed E-state index contributed by atoms with van der Waals surface area (Å²) in [5.41, 5.74) is 7.36. The van der Waals surface area contributed by atoms with Gasteiger partial charge in [0, 0.05) is 13.1 Å². The number of nitrogen functional groups attached to an aromatic ring is 1. The van der Waals surface area contributed by atoms with E-state index in [1.165, 1.54) is 4.90 Å². The molecule has 6 heteroatoms. The number of nitrogens with two attached hydrogens (primary N) is 1. The van der Waals surface area contributed by atoms with E-state index in [1.807, 2.05) is 6.92 Å². The van der Waals surface area contributed by atoms with E-state index in [9.17, 15) is 4.79 Å². The Hall–Kier alpha value is -1.56. The Morgan fingerprint density at radius 1 is 1.69 bits per heavy atom. The molecule has 2 rings (SSSR count). The third-order valence-corrected chi connectivity index (χ3v) is 2.73. The fourth-order valence-electron chi connectivity index (χ4n) is 1.76. The third-order valence-electron chi connectivity index (χ3n) is 2.73. The SMILES string of the molecule is CCCc1[nH]nc(C(=O)N2CC(O)C2)c1N. The van der Waals surface area contributed by atoms with Crippen LogP contribution in [-0.2, 0) is 6.42 Å². The highest BCUT2D eigenvalue weighted by molar-refractivity contribution is 5.98. The van der Waals surface area contributed by atoms with Crippen LogP contribution in [-0.4, -0.2) is 45.3 Å². The van der Waals surface area contributed by atoms with Gasteiger partial charge in [0.2, 0.25) is 0 Å². The van der Waals surface area contributed by atoms with E-state index in [2.05, 4.69) is 10.2 Å². The number of β-amino-alcohol motifs (C(OH)–C–C–N with tert-alkyl or cyclic N) is 1. The molecule has 1 saturated heterocycles. The molecule has 0 radical (unpaired) electrons. The van der Waals surface area contributed by atoms with Crippen molar-refractivity contribution in [3.63, 3.8) is 0 Å². The van der Waals surface area contributed by atoms with Crippen molar-refractivity contribution in [1.29, 1.82) is 0 Å². The number of nitrogens with one attached hydrogen (secondary N) is 1. The summed E-state index contributed by atoms with van der Waals surface area (Å²) in [6.45, 7) is 2.77. The zero-order valence-electron chi connectivity index (χ0n) is 9.23. The molecule has 0 aromatic carbocycles. The number of aromatic amines is 1. The Morgan fingerprint density at radius 2 is 2.38 bits per heavy atom. The molecule has 0 bridgehead atoms. The molecule has 0 spiro atoms. The van der Waals surface area contributed by atoms with Gasteiger partial charge in [-0.2, -0.15) is 5.10 Å². The van der Waals surface area contributed by atoms with E-state index in [-0.39, 0.29) is 11.6 Å². The van der Waals surface area contributed by atoms with Crippen molar-refractivity contribution >= 4 is 11.6 Å². The van der Waals surface area contributed by atoms with Crippen LogP contribution in [0, 0.1) is 0 Å². The average Bonchev–Trinajstić information content (AvgIpc) is 2.56. The van der Waals surface area contributed by atoms with Crippen molar-refractivity contribution in [2.45, 2.75) is 25.9 Å². The van der Waals surface area contributed by atoms with Crippen LogP contribution in [0.2, 0.25) is 0 Å². The maximum atomic E-state index is 11.9. The number of hydrogen-bond acceptors (Lipinski definition) is 4. The molecule has 0 saturated carbocycles. The number of nitrogens with zero attached hydrogens (tertiary/aromatic N) is 2. The number of anilines is 1. The Morgan fingerprint density at radius 3 is 2.94 bits per heavy atom. The molecule has 1 fully saturated rings. The molecule has 4 N–H and O–H groups in total. The van der Waals surface area contributed by atoms with E-state index in [0.717, 1.165) is 18.5 Å². The number of H-pyrrole nitrogens is 1. The lowest BCUT2D eigenvalue weighted by Gasteiger charge is -2.35. The number of carbonyl (C=O) groups is 1. The third kappa shape index (κ3) is 1.76. The number of carbonyl (C=O) groups excluding carboxylic acids is 1. The highest BCUT2D eigenvalue weighted by Gasteiger charge is 2.32. The van der Waals surface area contributed by atoms with Gasteiger partial charge in [0.15, 0.2) is 5.69 Å². The van der Waals surface area contributed by atoms with E-state index in [1.54, 1.807) is 0 Å². The van der Waals surface area contributed by atoms with Crippen LogP contribution in [0.25, 0.3) is 0 Å². The zero-order chi connectivity index (χ0) is 11.7. The molecule has 0 atom stereocenters. The lowest BCUT2D eigenvalue weighted by atomic mass is 10.1. The Bertz CT molecular complexity index is 396. The summed E-state index contributed by atoms with van der Waals surface area (Å²) in [4.78, 5) is 13.4. The van der Waals surface area contributed by atoms with E-state index >= 15 is 0 Å². The van der Waals surface area contributed by atoms with E-state index < -0.39 is 6.10 Å². The first kappa shape index (κ1) is 10.9. The lowest BCUT2D eigenvalue weighted by Crippen LogP contribution is -2.53. The van der Waals surface area contributed by atoms with Crippen LogP contribution >= 0.6 is 0 Å². The van der Waals surface area contributed by atoms with Gasteiger partial charge in [-0.3, -0.25) is 9.89 Å². The molecule has 1 aliphatic rings. The Labute approximate surface area is 93.4 Å². The second kappa shape index (κ2) is 4.13. The van der Waals surface area contributed by atoms with Crippen molar-refractivity contribution in [1.82, 2.24) is 15.1 Å². The summed E-state index contributed by atoms with van der Waals surface area (Å²) in [7, 11) is 0. The van der Waals surface area contributed by atoms with Gasteiger partial charge in [-0.25, -0.2) is 0 Å². The first-order chi connectivity index (χ1) is 7.63. The zero-order valence-corrected chi connectivity index (χ0v) is 9.23. The average molecular weight is 224 g/mol. The van der Waals surface area contributed by atoms with Gasteiger partial charge in [0.1, 0.15) is 0 Å². The second-order valence-corrected chi connectivity index (χ2v) is 4.08. The number of aliphatic hydroxyl groups is 1. The molecule has 1 aromatic rings. The summed E-state index contributed by atoms with van der Waals surface area (Å²) < 4.78 is 0. The summed E-state index contributed by atoms with van der Waals surface area (Å²) in [6.07, 6.45) is 1.33. The normalized spacial score (nSPS) is 16.2. The number of likely N-dealkylation sites (tertiary alicyclic amines) is 1. The van der Waals surface area contributed by atoms with Gasteiger partial charge in [-0.1, -0.05) is 13.3 Å². The summed E-state index contributed by atoms with van der Waals surface area (Å²) >= 11 is 0. The van der Waals surface area contributed by atoms with Gasteiger partial charge in [-0.15, -0.1) is 0 Å². The van der Waals surface area contributed by atoms with Gasteiger partial charge in [0.25, 0.3) is 5.91 Å². The number of aliphatic hydroxyl groups excluding tert-OH is 1. The molecule has 0 unspecified atom stereocenters. The maximum Gasteiger partial charge on any atom is 0.276 e. The van der Waals surface area contributed by atoms with Crippen molar-refractivity contribution in [3.8, 4) is 0 Å². The quantitative estimate of drug-likeness (QED) is 0.660. The number of aromatic nitrogens is 2. The van der Waals surface area contributed by atoms with Crippen molar-refractivity contribution in [3.05, 3.63) is 11.4 Å². The highest BCUT2D eigenvalue weighted by atomic mass is 16.3. The fraction of sp³-hybridized carbons (Fsp3) is 0.600. The number of rotatable bonds is 3. The van der Waals surface area contributed by atoms with Crippen LogP contribution in [0.5, 0.6) is 0 Å². The van der Waals surface area contributed by atoms with Gasteiger partial charge in [0.05, 0.1) is 17.5 Å². The number of amides is 1. The summed E-state index contributed by atoms with van der Waals surface area (Å²) in [6, 6.07) is 0. The van der Waals surface area contributed by atoms with E-state index in [0.29, 0.717) is 18.8 Å². The first-order valence-corrected chi connectivity index (χ1v) is 5.43. The predicted octanol–water partition coefficient (Wildman–Crippen LogP) is -0.239. The minimum absolute atomic E-state index is 0.207. The largest absolute Gasteiger partial charge is 0.395 e. The summed E-state index contributed by atoms with van der Waals surface area (Å²) in [5.74, 6) is -0.207. The molecule has 0 aliphatic carbocycles. The molecule has 1 amide bonds. The molecule has 2 heterocycles. The molecular formula is C10H16N4O2. The van der Waals surface area contributed by atoms with E-state index in [4.69, 9.17) is 10.8 Å². The minimum Gasteiger partial charge on any atom is -0.395 e. The monoisotopic (exact) mass is 224 g/mol. The van der Waals surface area contributed by atoms with Crippen LogP contribution in [0.1, 0.15) is 29.5 Å².